The van der Waals surface area contributed by atoms with Gasteiger partial charge in [0.05, 0.1) is 6.10 Å². The Labute approximate surface area is 108 Å². The van der Waals surface area contributed by atoms with Gasteiger partial charge in [-0.3, -0.25) is 4.90 Å². The van der Waals surface area contributed by atoms with Crippen molar-refractivity contribution >= 4 is 5.69 Å². The lowest BCUT2D eigenvalue weighted by molar-refractivity contribution is -0.0272. The van der Waals surface area contributed by atoms with Crippen molar-refractivity contribution in [1.82, 2.24) is 4.90 Å². The Balaban J connectivity index is 2.01. The van der Waals surface area contributed by atoms with Crippen molar-refractivity contribution in [3.8, 4) is 0 Å². The third kappa shape index (κ3) is 3.02. The van der Waals surface area contributed by atoms with Gasteiger partial charge in [-0.2, -0.15) is 0 Å². The number of nitrogens with zero attached hydrogens (tertiary/aromatic N) is 1. The maximum absolute atomic E-state index is 10.0. The fraction of sp³-hybridized carbons (Fsp3) is 0.571. The molecule has 4 N–H and O–H groups in total. The number of β-amino-alcohol motifs (C(OH)–C–C–N with tert-alkyl or cyclic N) is 1. The molecule has 1 aromatic rings. The minimum absolute atomic E-state index is 0.131. The summed E-state index contributed by atoms with van der Waals surface area (Å²) >= 11 is 0. The van der Waals surface area contributed by atoms with Gasteiger partial charge < -0.3 is 15.9 Å². The van der Waals surface area contributed by atoms with Gasteiger partial charge >= 0.3 is 0 Å². The first-order chi connectivity index (χ1) is 8.60. The van der Waals surface area contributed by atoms with Gasteiger partial charge in [-0.15, -0.1) is 0 Å². The highest BCUT2D eigenvalue weighted by molar-refractivity contribution is 5.40. The summed E-state index contributed by atoms with van der Waals surface area (Å²) in [5.74, 6) is 0.307. The monoisotopic (exact) mass is 250 g/mol. The highest BCUT2D eigenvalue weighted by Gasteiger charge is 2.32. The molecule has 0 amide bonds. The molecule has 2 rings (SSSR count). The molecule has 0 spiro atoms. The summed E-state index contributed by atoms with van der Waals surface area (Å²) in [7, 11) is 0. The second kappa shape index (κ2) is 5.69. The summed E-state index contributed by atoms with van der Waals surface area (Å²) in [5.41, 5.74) is 7.67. The van der Waals surface area contributed by atoms with E-state index in [-0.39, 0.29) is 24.5 Å². The molecule has 3 atom stereocenters. The Bertz CT molecular complexity index is 397. The molecule has 0 saturated carbocycles. The largest absolute Gasteiger partial charge is 0.399 e. The average Bonchev–Trinajstić information content (AvgIpc) is 2.33. The van der Waals surface area contributed by atoms with Crippen LogP contribution in [0.2, 0.25) is 0 Å². The van der Waals surface area contributed by atoms with Crippen molar-refractivity contribution in [3.05, 3.63) is 29.8 Å². The highest BCUT2D eigenvalue weighted by atomic mass is 16.3. The van der Waals surface area contributed by atoms with E-state index in [0.717, 1.165) is 24.3 Å². The second-order valence-corrected chi connectivity index (χ2v) is 5.31. The van der Waals surface area contributed by atoms with E-state index in [1.54, 1.807) is 0 Å². The van der Waals surface area contributed by atoms with Crippen LogP contribution in [0.4, 0.5) is 5.69 Å². The number of hydrogen-bond acceptors (Lipinski definition) is 4. The van der Waals surface area contributed by atoms with Crippen molar-refractivity contribution in [2.75, 3.05) is 25.4 Å². The topological polar surface area (TPSA) is 69.7 Å². The normalized spacial score (nSPS) is 29.4. The van der Waals surface area contributed by atoms with Gasteiger partial charge in [0.1, 0.15) is 0 Å². The minimum Gasteiger partial charge on any atom is -0.399 e. The fourth-order valence-electron chi connectivity index (χ4n) is 2.62. The van der Waals surface area contributed by atoms with Crippen LogP contribution >= 0.6 is 0 Å². The molecule has 1 heterocycles. The Morgan fingerprint density at radius 3 is 2.83 bits per heavy atom. The van der Waals surface area contributed by atoms with Crippen molar-refractivity contribution in [2.45, 2.75) is 19.6 Å². The number of likely N-dealkylation sites (tertiary alicyclic amines) is 1. The van der Waals surface area contributed by atoms with E-state index in [9.17, 15) is 10.2 Å². The van der Waals surface area contributed by atoms with Crippen LogP contribution in [0.1, 0.15) is 12.5 Å². The number of benzene rings is 1. The van der Waals surface area contributed by atoms with E-state index in [1.807, 2.05) is 31.2 Å². The Morgan fingerprint density at radius 2 is 2.17 bits per heavy atom. The predicted molar refractivity (Wildman–Crippen MR) is 71.9 cm³/mol. The summed E-state index contributed by atoms with van der Waals surface area (Å²) in [4.78, 5) is 2.18. The van der Waals surface area contributed by atoms with Crippen LogP contribution in [0.25, 0.3) is 0 Å². The van der Waals surface area contributed by atoms with Crippen LogP contribution in [0.5, 0.6) is 0 Å². The molecule has 0 unspecified atom stereocenters. The highest BCUT2D eigenvalue weighted by Crippen LogP contribution is 2.24. The molecule has 1 aliphatic rings. The minimum atomic E-state index is -0.364. The Morgan fingerprint density at radius 1 is 1.39 bits per heavy atom. The van der Waals surface area contributed by atoms with Gasteiger partial charge in [0.15, 0.2) is 0 Å². The molecule has 4 heteroatoms. The molecule has 4 nitrogen and oxygen atoms in total. The summed E-state index contributed by atoms with van der Waals surface area (Å²) in [6, 6.07) is 7.80. The quantitative estimate of drug-likeness (QED) is 0.690. The molecule has 0 bridgehead atoms. The molecule has 0 aromatic heterocycles. The van der Waals surface area contributed by atoms with Crippen molar-refractivity contribution in [3.63, 3.8) is 0 Å². The lowest BCUT2D eigenvalue weighted by atomic mass is 9.85. The first-order valence-electron chi connectivity index (χ1n) is 6.46. The number of piperidine rings is 1. The van der Waals surface area contributed by atoms with Gasteiger partial charge in [-0.1, -0.05) is 19.1 Å². The van der Waals surface area contributed by atoms with Gasteiger partial charge in [-0.05, 0) is 29.5 Å². The van der Waals surface area contributed by atoms with Crippen LogP contribution in [0.15, 0.2) is 24.3 Å². The number of nitrogen functional groups attached to an aromatic ring is 1. The molecular formula is C14H22N2O2. The smallest absolute Gasteiger partial charge is 0.0696 e. The second-order valence-electron chi connectivity index (χ2n) is 5.31. The summed E-state index contributed by atoms with van der Waals surface area (Å²) in [6.45, 7) is 4.39. The summed E-state index contributed by atoms with van der Waals surface area (Å²) < 4.78 is 0. The van der Waals surface area contributed by atoms with Crippen molar-refractivity contribution in [1.29, 1.82) is 0 Å². The van der Waals surface area contributed by atoms with Gasteiger partial charge in [0, 0.05) is 31.9 Å². The van der Waals surface area contributed by atoms with Gasteiger partial charge in [0.25, 0.3) is 0 Å². The number of nitrogens with two attached hydrogens (primary N) is 1. The SMILES string of the molecule is C[C@@H]1[C@@H](CO)CN(Cc2cccc(N)c2)C[C@H]1O. The number of hydrogen-bond donors (Lipinski definition) is 3. The molecule has 1 fully saturated rings. The summed E-state index contributed by atoms with van der Waals surface area (Å²) in [6.07, 6.45) is -0.364. The van der Waals surface area contributed by atoms with Crippen LogP contribution in [0.3, 0.4) is 0 Å². The number of aliphatic hydroxyl groups excluding tert-OH is 2. The zero-order valence-electron chi connectivity index (χ0n) is 10.8. The predicted octanol–water partition coefficient (Wildman–Crippen LogP) is 0.690. The molecule has 0 radical (unpaired) electrons. The van der Waals surface area contributed by atoms with E-state index in [4.69, 9.17) is 5.73 Å². The molecule has 18 heavy (non-hydrogen) atoms. The van der Waals surface area contributed by atoms with Gasteiger partial charge in [-0.25, -0.2) is 0 Å². The molecule has 100 valence electrons. The van der Waals surface area contributed by atoms with Crippen LogP contribution in [-0.4, -0.2) is 40.9 Å². The Hall–Kier alpha value is -1.10. The van der Waals surface area contributed by atoms with E-state index >= 15 is 0 Å². The lowest BCUT2D eigenvalue weighted by Crippen LogP contribution is -2.49. The van der Waals surface area contributed by atoms with E-state index in [2.05, 4.69) is 4.90 Å². The standard InChI is InChI=1S/C14H22N2O2/c1-10-12(9-17)7-16(8-14(10)18)6-11-3-2-4-13(15)5-11/h2-5,10,12,14,17-18H,6-9,15H2,1H3/t10-,12-,14-/m1/s1. The average molecular weight is 250 g/mol. The maximum atomic E-state index is 10.0. The van der Waals surface area contributed by atoms with Crippen LogP contribution in [0, 0.1) is 11.8 Å². The molecular weight excluding hydrogens is 228 g/mol. The van der Waals surface area contributed by atoms with Crippen molar-refractivity contribution in [2.24, 2.45) is 11.8 Å². The zero-order valence-corrected chi connectivity index (χ0v) is 10.8. The van der Waals surface area contributed by atoms with Crippen LogP contribution in [-0.2, 0) is 6.54 Å². The summed E-state index contributed by atoms with van der Waals surface area (Å²) in [5, 5.41) is 19.4. The molecule has 1 aromatic carbocycles. The van der Waals surface area contributed by atoms with Crippen molar-refractivity contribution < 1.29 is 10.2 Å². The van der Waals surface area contributed by atoms with Gasteiger partial charge in [0.2, 0.25) is 0 Å². The third-order valence-corrected chi connectivity index (χ3v) is 3.88. The molecule has 1 aliphatic heterocycles. The van der Waals surface area contributed by atoms with E-state index in [0.29, 0.717) is 6.54 Å². The maximum Gasteiger partial charge on any atom is 0.0696 e. The van der Waals surface area contributed by atoms with E-state index in [1.165, 1.54) is 0 Å². The fourth-order valence-corrected chi connectivity index (χ4v) is 2.62. The number of anilines is 1. The Kier molecular flexibility index (Phi) is 4.22. The zero-order chi connectivity index (χ0) is 13.1. The first-order valence-corrected chi connectivity index (χ1v) is 6.46. The molecule has 1 saturated heterocycles. The van der Waals surface area contributed by atoms with E-state index < -0.39 is 0 Å². The third-order valence-electron chi connectivity index (χ3n) is 3.88. The lowest BCUT2D eigenvalue weighted by Gasteiger charge is -2.39. The first kappa shape index (κ1) is 13.3. The number of aliphatic hydroxyl groups is 2. The van der Waals surface area contributed by atoms with Crippen LogP contribution < -0.4 is 5.73 Å². The molecule has 0 aliphatic carbocycles. The number of rotatable bonds is 3.